The van der Waals surface area contributed by atoms with Crippen molar-refractivity contribution in [3.8, 4) is 0 Å². The predicted octanol–water partition coefficient (Wildman–Crippen LogP) is 15.9. The molecule has 0 amide bonds. The molecule has 0 bridgehead atoms. The van der Waals surface area contributed by atoms with Crippen molar-refractivity contribution in [2.75, 3.05) is 0 Å². The van der Waals surface area contributed by atoms with Gasteiger partial charge in [-0.15, -0.1) is 0 Å². The van der Waals surface area contributed by atoms with Crippen LogP contribution in [0.25, 0.3) is 0 Å². The van der Waals surface area contributed by atoms with E-state index in [1.807, 2.05) is 13.8 Å². The third-order valence-corrected chi connectivity index (χ3v) is 10.7. The van der Waals surface area contributed by atoms with E-state index in [-0.39, 0.29) is 49.3 Å². The van der Waals surface area contributed by atoms with E-state index in [1.54, 1.807) is 0 Å². The molecule has 1 atom stereocenters. The summed E-state index contributed by atoms with van der Waals surface area (Å²) in [4.78, 5) is 13.0. The van der Waals surface area contributed by atoms with Gasteiger partial charge in [-0.05, 0) is 115 Å². The molecule has 0 fully saturated rings. The summed E-state index contributed by atoms with van der Waals surface area (Å²) in [5, 5.41) is 11.7. The first-order valence-electron chi connectivity index (χ1n) is 23.9. The van der Waals surface area contributed by atoms with E-state index in [0.29, 0.717) is 37.9 Å². The molecule has 0 spiro atoms. The average Bonchev–Trinajstić information content (AvgIpc) is 3.20. The molecular formula is C53H91O4U-. The second-order valence-electron chi connectivity index (χ2n) is 16.5. The molecule has 2 aromatic rings. The number of rotatable bonds is 32. The van der Waals surface area contributed by atoms with Gasteiger partial charge >= 0.3 is 5.97 Å². The van der Waals surface area contributed by atoms with Crippen LogP contribution < -0.4 is 0 Å². The van der Waals surface area contributed by atoms with Crippen LogP contribution in [0.15, 0.2) is 54.3 Å². The van der Waals surface area contributed by atoms with Gasteiger partial charge in [0.25, 0.3) is 0 Å². The van der Waals surface area contributed by atoms with Crippen molar-refractivity contribution >= 4 is 5.97 Å². The number of carbonyl (C=O) groups excluding carboxylic acids is 1. The Bertz CT molecular complexity index is 1150. The number of ether oxygens (including phenoxy) is 2. The molecule has 1 N–H and O–H groups in total. The summed E-state index contributed by atoms with van der Waals surface area (Å²) in [6.45, 7) is 25.7. The maximum absolute atomic E-state index is 13.0. The van der Waals surface area contributed by atoms with Gasteiger partial charge in [-0.1, -0.05) is 185 Å². The maximum atomic E-state index is 13.0. The molecule has 0 saturated carbocycles. The summed E-state index contributed by atoms with van der Waals surface area (Å²) in [5.41, 5.74) is 4.38. The van der Waals surface area contributed by atoms with Crippen LogP contribution in [0, 0.1) is 51.5 Å². The van der Waals surface area contributed by atoms with Crippen LogP contribution in [0.3, 0.4) is 0 Å². The van der Waals surface area contributed by atoms with E-state index in [0.717, 1.165) is 77.0 Å². The quantitative estimate of drug-likeness (QED) is 0.0343. The molecule has 0 saturated heterocycles. The summed E-state index contributed by atoms with van der Waals surface area (Å²) in [5.74, 6) is 0.466. The van der Waals surface area contributed by atoms with Crippen molar-refractivity contribution in [1.82, 2.24) is 0 Å². The topological polar surface area (TPSA) is 55.8 Å². The van der Waals surface area contributed by atoms with Gasteiger partial charge in [0.05, 0.1) is 11.7 Å². The van der Waals surface area contributed by atoms with E-state index >= 15 is 0 Å². The number of carbonyl (C=O) groups is 1. The number of aliphatic hydroxyl groups is 1. The molecular weight excluding hydrogens is 939 g/mol. The molecule has 2 rings (SSSR count). The minimum Gasteiger partial charge on any atom is -0.532 e. The van der Waals surface area contributed by atoms with Crippen LogP contribution >= 0.6 is 0 Å². The fourth-order valence-electron chi connectivity index (χ4n) is 7.19. The Morgan fingerprint density at radius 3 is 1.38 bits per heavy atom. The zero-order valence-electron chi connectivity index (χ0n) is 39.4. The number of esters is 1. The van der Waals surface area contributed by atoms with Crippen molar-refractivity contribution < 1.29 is 50.5 Å². The number of hydrogen-bond acceptors (Lipinski definition) is 4. The Balaban J connectivity index is 0. The van der Waals surface area contributed by atoms with Gasteiger partial charge in [-0.25, -0.2) is 0 Å². The Hall–Kier alpha value is -1.54. The Morgan fingerprint density at radius 1 is 0.569 bits per heavy atom. The summed E-state index contributed by atoms with van der Waals surface area (Å²) >= 11 is 0. The molecule has 58 heavy (non-hydrogen) atoms. The van der Waals surface area contributed by atoms with Crippen LogP contribution in [0.2, 0.25) is 0 Å². The van der Waals surface area contributed by atoms with Crippen LogP contribution in [0.5, 0.6) is 0 Å². The van der Waals surface area contributed by atoms with Gasteiger partial charge in [0.1, 0.15) is 6.10 Å². The minimum atomic E-state index is -0.801. The Morgan fingerprint density at radius 2 is 0.948 bits per heavy atom. The smallest absolute Gasteiger partial charge is 0.306 e. The molecule has 0 aliphatic carbocycles. The van der Waals surface area contributed by atoms with Crippen LogP contribution in [0.1, 0.15) is 225 Å². The van der Waals surface area contributed by atoms with Gasteiger partial charge < -0.3 is 21.2 Å². The molecule has 2 aromatic carbocycles. The Kier molecular flexibility index (Phi) is 40.0. The third kappa shape index (κ3) is 32.3. The van der Waals surface area contributed by atoms with E-state index in [4.69, 9.17) is 16.1 Å². The van der Waals surface area contributed by atoms with Crippen molar-refractivity contribution in [2.24, 2.45) is 0 Å². The number of unbranched alkanes of at least 4 members (excludes halogenated alkanes) is 9. The van der Waals surface area contributed by atoms with E-state index in [1.165, 1.54) is 80.0 Å². The second-order valence-corrected chi connectivity index (χ2v) is 16.5. The van der Waals surface area contributed by atoms with Crippen LogP contribution in [0.4, 0.5) is 0 Å². The first-order chi connectivity index (χ1) is 27.6. The standard InChI is InChI=1S/C48H77O4.C3H8.C2H6.U/c1-7-10-13-15-17-22-45(23-18-16-14-11-8-2)52-47(49)24-20-39-48(50,37-12-9-3)38-19-21-42(6)51-46(35-33-43-29-25-40(4)26-30-43)36-34-44-31-27-41(5)28-32-44;1-3-2;1-2;/h6,25-32,45-46,50H,7-24,33-39H2,1-5H3;3H2,1-2H3;1-2H3;/q-1;;;. The predicted molar refractivity (Wildman–Crippen MR) is 248 cm³/mol. The first kappa shape index (κ1) is 58.6. The molecule has 0 aromatic heterocycles. The summed E-state index contributed by atoms with van der Waals surface area (Å²) < 4.78 is 12.5. The maximum Gasteiger partial charge on any atom is 0.306 e. The largest absolute Gasteiger partial charge is 0.532 e. The number of aryl methyl sites for hydroxylation is 4. The van der Waals surface area contributed by atoms with E-state index in [2.05, 4.69) is 97.0 Å². The first-order valence-corrected chi connectivity index (χ1v) is 23.9. The minimum absolute atomic E-state index is 0. The molecule has 5 heteroatoms. The fraction of sp³-hybridized carbons (Fsp3) is 0.717. The van der Waals surface area contributed by atoms with Crippen LogP contribution in [-0.4, -0.2) is 28.9 Å². The molecule has 4 nitrogen and oxygen atoms in total. The molecule has 0 aliphatic heterocycles. The van der Waals surface area contributed by atoms with Crippen molar-refractivity contribution in [3.63, 3.8) is 0 Å². The molecule has 0 heterocycles. The zero-order chi connectivity index (χ0) is 42.6. The van der Waals surface area contributed by atoms with Crippen molar-refractivity contribution in [1.29, 1.82) is 0 Å². The van der Waals surface area contributed by atoms with Gasteiger partial charge in [-0.3, -0.25) is 4.79 Å². The zero-order valence-corrected chi connectivity index (χ0v) is 43.6. The van der Waals surface area contributed by atoms with E-state index < -0.39 is 5.60 Å². The molecule has 332 valence electrons. The van der Waals surface area contributed by atoms with Crippen molar-refractivity contribution in [3.05, 3.63) is 83.1 Å². The molecule has 0 aliphatic rings. The SMILES string of the molecule is CC.CCC.[CH-]=C(CCCC(O)(CCCC)CCCC(=O)OC(CCCCCCC)CCCCCCC)OC(CCc1ccc(C)cc1)CCc1ccc(C)cc1.[U]. The number of allylic oxidation sites excluding steroid dienone is 1. The van der Waals surface area contributed by atoms with Gasteiger partial charge in [-0.2, -0.15) is 0 Å². The normalized spacial score (nSPS) is 11.8. The van der Waals surface area contributed by atoms with Gasteiger partial charge in [0.2, 0.25) is 0 Å². The molecule has 0 radical (unpaired) electrons. The number of benzene rings is 2. The Labute approximate surface area is 384 Å². The third-order valence-electron chi connectivity index (χ3n) is 10.7. The van der Waals surface area contributed by atoms with Gasteiger partial charge in [0, 0.05) is 37.5 Å². The number of hydrogen-bond donors (Lipinski definition) is 1. The van der Waals surface area contributed by atoms with Gasteiger partial charge in [0.15, 0.2) is 0 Å². The monoisotopic (exact) mass is 1030 g/mol. The van der Waals surface area contributed by atoms with Crippen LogP contribution in [-0.2, 0) is 27.1 Å². The molecule has 1 unspecified atom stereocenters. The average molecular weight is 1030 g/mol. The fourth-order valence-corrected chi connectivity index (χ4v) is 7.19. The van der Waals surface area contributed by atoms with Crippen molar-refractivity contribution in [2.45, 2.75) is 247 Å². The summed E-state index contributed by atoms with van der Waals surface area (Å²) in [6.07, 6.45) is 25.7. The van der Waals surface area contributed by atoms with E-state index in [9.17, 15) is 9.90 Å². The summed E-state index contributed by atoms with van der Waals surface area (Å²) in [6, 6.07) is 17.5. The second kappa shape index (κ2) is 39.6. The summed E-state index contributed by atoms with van der Waals surface area (Å²) in [7, 11) is 0.